The Labute approximate surface area is 475 Å². The molecule has 0 radical (unpaired) electrons. The molecule has 456 valence electrons. The van der Waals surface area contributed by atoms with Crippen LogP contribution in [0.2, 0.25) is 66.5 Å². The predicted octanol–water partition coefficient (Wildman–Crippen LogP) is 16.8. The van der Waals surface area contributed by atoms with Gasteiger partial charge >= 0.3 is 0 Å². The molecule has 0 aromatic heterocycles. The van der Waals surface area contributed by atoms with Crippen LogP contribution in [-0.2, 0) is 0 Å². The van der Waals surface area contributed by atoms with Crippen LogP contribution in [0.5, 0.6) is 0 Å². The molecule has 0 saturated carbocycles. The number of benzene rings is 4. The van der Waals surface area contributed by atoms with Gasteiger partial charge in [-0.15, -0.1) is 21.9 Å². The minimum Gasteiger partial charge on any atom is -0.207 e. The van der Waals surface area contributed by atoms with E-state index in [1.807, 2.05) is 0 Å². The Kier molecular flexibility index (Phi) is 21.0. The standard InChI is InChI=1S/C60H84BF16Si4/c1-25(2)78(26(3)4,27(5)6)57-49(70)41(62)37(42(63)50(57)71)61(38-43(64)51(72)58(52(73)44(38)65)79(28(7)8,29(9)10)30(11)12,39-45(66)53(74)59(54(75)46(39)67)80(31(13)14,32(15)16)33(17)18)40-47(68)55(76)60(56(77)48(40)69)81(34(19)20,35(21)22)36(23)24/h25-36H,1-24H3/q-1. The van der Waals surface area contributed by atoms with Crippen LogP contribution in [0, 0.1) is 93.1 Å². The fraction of sp³-hybridized carbons (Fsp3) is 0.600. The zero-order valence-electron chi connectivity index (χ0n) is 51.6. The van der Waals surface area contributed by atoms with E-state index in [1.54, 1.807) is 0 Å². The number of halogens is 16. The van der Waals surface area contributed by atoms with Crippen molar-refractivity contribution < 1.29 is 70.2 Å². The van der Waals surface area contributed by atoms with Crippen LogP contribution in [0.4, 0.5) is 70.2 Å². The quantitative estimate of drug-likeness (QED) is 0.0470. The topological polar surface area (TPSA) is 0 Å². The number of hydrogen-bond donors (Lipinski definition) is 0. The highest BCUT2D eigenvalue weighted by Gasteiger charge is 2.59. The summed E-state index contributed by atoms with van der Waals surface area (Å²) in [5, 5.41) is -5.31. The van der Waals surface area contributed by atoms with E-state index in [9.17, 15) is 0 Å². The second-order valence-electron chi connectivity index (χ2n) is 26.6. The lowest BCUT2D eigenvalue weighted by Gasteiger charge is -2.49. The molecule has 21 heteroatoms. The van der Waals surface area contributed by atoms with Gasteiger partial charge in [-0.05, 0) is 66.5 Å². The van der Waals surface area contributed by atoms with Gasteiger partial charge in [0, 0.05) is 20.7 Å². The first-order valence-electron chi connectivity index (χ1n) is 28.5. The Morgan fingerprint density at radius 3 is 0.333 bits per heavy atom. The first-order valence-corrected chi connectivity index (χ1v) is 37.4. The summed E-state index contributed by atoms with van der Waals surface area (Å²) in [7, 11) is -16.8. The highest BCUT2D eigenvalue weighted by molar-refractivity contribution is 7.20. The van der Waals surface area contributed by atoms with Crippen molar-refractivity contribution in [3.05, 3.63) is 93.1 Å². The molecule has 0 saturated heterocycles. The summed E-state index contributed by atoms with van der Waals surface area (Å²) in [5.41, 5.74) is -21.9. The lowest BCUT2D eigenvalue weighted by atomic mass is 9.12. The highest BCUT2D eigenvalue weighted by atomic mass is 28.3. The molecule has 0 unspecified atom stereocenters. The Balaban J connectivity index is 2.93. The second kappa shape index (κ2) is 24.2. The van der Waals surface area contributed by atoms with Gasteiger partial charge in [0.25, 0.3) is 0 Å². The summed E-state index contributed by atoms with van der Waals surface area (Å²) in [4.78, 5) is 0. The molecule has 0 amide bonds. The molecule has 0 fully saturated rings. The van der Waals surface area contributed by atoms with E-state index in [0.29, 0.717) is 0 Å². The molecular formula is C60H84BF16Si4-. The van der Waals surface area contributed by atoms with Gasteiger partial charge in [-0.2, -0.15) is 0 Å². The fourth-order valence-corrected chi connectivity index (χ4v) is 44.8. The third-order valence-electron chi connectivity index (χ3n) is 20.1. The Bertz CT molecular complexity index is 2430. The maximum Gasteiger partial charge on any atom is 0.157 e. The van der Waals surface area contributed by atoms with Gasteiger partial charge in [0.05, 0.1) is 0 Å². The molecule has 0 aliphatic heterocycles. The van der Waals surface area contributed by atoms with Crippen LogP contribution in [0.3, 0.4) is 0 Å². The molecule has 81 heavy (non-hydrogen) atoms. The average molecular weight is 1230 g/mol. The largest absolute Gasteiger partial charge is 0.207 e. The minimum absolute atomic E-state index is 0.866. The van der Waals surface area contributed by atoms with Gasteiger partial charge in [0.1, 0.15) is 85.0 Å². The summed E-state index contributed by atoms with van der Waals surface area (Å²) in [6.07, 6.45) is -6.86. The van der Waals surface area contributed by atoms with Crippen LogP contribution < -0.4 is 42.6 Å². The smallest absolute Gasteiger partial charge is 0.157 e. The van der Waals surface area contributed by atoms with Gasteiger partial charge in [0.2, 0.25) is 0 Å². The van der Waals surface area contributed by atoms with Crippen LogP contribution in [0.25, 0.3) is 0 Å². The zero-order valence-corrected chi connectivity index (χ0v) is 55.6. The van der Waals surface area contributed by atoms with E-state index in [-0.39, 0.29) is 0 Å². The van der Waals surface area contributed by atoms with Gasteiger partial charge in [-0.1, -0.05) is 166 Å². The molecule has 0 heterocycles. The molecular weight excluding hydrogens is 1150 g/mol. The molecule has 0 aliphatic rings. The second-order valence-corrected chi connectivity index (χ2v) is 50.0. The SMILES string of the molecule is CC(C)[Si](c1c(F)c(F)c([B-](c2c(F)c(F)c([Si](C(C)C)(C(C)C)C(C)C)c(F)c2F)(c2c(F)c(F)c([Si](C(C)C)(C(C)C)C(C)C)c(F)c2F)c2c(F)c(F)c([Si](C(C)C)(C(C)C)C(C)C)c(F)c2F)c(F)c1F)(C(C)C)C(C)C. The van der Waals surface area contributed by atoms with Crippen molar-refractivity contribution in [2.45, 2.75) is 233 Å². The molecule has 4 rings (SSSR count). The Morgan fingerprint density at radius 1 is 0.173 bits per heavy atom. The first-order chi connectivity index (χ1) is 36.9. The van der Waals surface area contributed by atoms with Crippen molar-refractivity contribution in [1.29, 1.82) is 0 Å². The van der Waals surface area contributed by atoms with E-state index in [0.717, 1.165) is 0 Å². The predicted molar refractivity (Wildman–Crippen MR) is 312 cm³/mol. The third-order valence-corrected chi connectivity index (χ3v) is 48.3. The van der Waals surface area contributed by atoms with Gasteiger partial charge < -0.3 is 0 Å². The van der Waals surface area contributed by atoms with Crippen LogP contribution >= 0.6 is 0 Å². The van der Waals surface area contributed by atoms with E-state index in [2.05, 4.69) is 0 Å². The van der Waals surface area contributed by atoms with E-state index in [1.165, 1.54) is 166 Å². The molecule has 4 aromatic carbocycles. The molecule has 0 spiro atoms. The maximum atomic E-state index is 18.7. The van der Waals surface area contributed by atoms with Crippen molar-refractivity contribution >= 4 is 81.0 Å². The Morgan fingerprint density at radius 2 is 0.259 bits per heavy atom. The summed E-state index contributed by atoms with van der Waals surface area (Å²) < 4.78 is 295. The normalized spacial score (nSPS) is 13.8. The lowest BCUT2D eigenvalue weighted by Crippen LogP contribution is -2.82. The number of rotatable bonds is 20. The van der Waals surface area contributed by atoms with Gasteiger partial charge in [-0.3, -0.25) is 0 Å². The van der Waals surface area contributed by atoms with E-state index in [4.69, 9.17) is 0 Å². The zero-order chi connectivity index (χ0) is 63.3. The van der Waals surface area contributed by atoms with E-state index < -0.39 is 241 Å². The van der Waals surface area contributed by atoms with Crippen LogP contribution in [0.15, 0.2) is 0 Å². The van der Waals surface area contributed by atoms with E-state index >= 15 is 70.2 Å². The summed E-state index contributed by atoms with van der Waals surface area (Å²) >= 11 is 0. The molecule has 4 aromatic rings. The molecule has 0 aliphatic carbocycles. The Hall–Kier alpha value is -3.31. The maximum absolute atomic E-state index is 18.7. The van der Waals surface area contributed by atoms with Crippen molar-refractivity contribution in [3.63, 3.8) is 0 Å². The lowest BCUT2D eigenvalue weighted by molar-refractivity contribution is 0.459. The third kappa shape index (κ3) is 9.46. The van der Waals surface area contributed by atoms with Crippen molar-refractivity contribution in [3.8, 4) is 0 Å². The van der Waals surface area contributed by atoms with Crippen molar-refractivity contribution in [1.82, 2.24) is 0 Å². The van der Waals surface area contributed by atoms with Crippen LogP contribution in [0.1, 0.15) is 166 Å². The van der Waals surface area contributed by atoms with Crippen molar-refractivity contribution in [2.24, 2.45) is 0 Å². The number of hydrogen-bond acceptors (Lipinski definition) is 0. The molecule has 0 atom stereocenters. The first kappa shape index (κ1) is 70.2. The summed E-state index contributed by atoms with van der Waals surface area (Å²) in [6, 6.07) is 0. The monoisotopic (exact) mass is 1230 g/mol. The van der Waals surface area contributed by atoms with Gasteiger partial charge in [-0.25, -0.2) is 70.2 Å². The summed E-state index contributed by atoms with van der Waals surface area (Å²) in [6.45, 7) is 35.2. The molecule has 0 nitrogen and oxygen atoms in total. The van der Waals surface area contributed by atoms with Gasteiger partial charge in [0.15, 0.2) is 46.5 Å². The highest BCUT2D eigenvalue weighted by Crippen LogP contribution is 2.47. The summed E-state index contributed by atoms with van der Waals surface area (Å²) in [5.74, 6) is -43.6. The molecule has 0 bridgehead atoms. The van der Waals surface area contributed by atoms with Crippen molar-refractivity contribution in [2.75, 3.05) is 0 Å². The fourth-order valence-electron chi connectivity index (χ4n) is 18.0. The molecule has 0 N–H and O–H groups in total. The van der Waals surface area contributed by atoms with Crippen LogP contribution in [-0.4, -0.2) is 38.4 Å². The minimum atomic E-state index is -6.86. The average Bonchev–Trinajstić information content (AvgIpc) is 3.32.